The minimum atomic E-state index is 0.358. The number of likely N-dealkylation sites (tertiary alicyclic amines) is 1. The lowest BCUT2D eigenvalue weighted by atomic mass is 10.2. The third-order valence-corrected chi connectivity index (χ3v) is 3.45. The largest absolute Gasteiger partial charge is 0.492 e. The molecule has 1 aliphatic heterocycles. The van der Waals surface area contributed by atoms with Gasteiger partial charge in [0.2, 0.25) is 0 Å². The lowest BCUT2D eigenvalue weighted by Crippen LogP contribution is -2.42. The van der Waals surface area contributed by atoms with Gasteiger partial charge in [-0.05, 0) is 44.5 Å². The molecule has 1 atom stereocenters. The van der Waals surface area contributed by atoms with Crippen molar-refractivity contribution in [3.05, 3.63) is 29.8 Å². The van der Waals surface area contributed by atoms with E-state index in [9.17, 15) is 0 Å². The van der Waals surface area contributed by atoms with Crippen molar-refractivity contribution in [2.24, 2.45) is 5.73 Å². The number of nitrogens with two attached hydrogens (primary N) is 1. The molecule has 2 N–H and O–H groups in total. The smallest absolute Gasteiger partial charge is 0.122 e. The van der Waals surface area contributed by atoms with Crippen molar-refractivity contribution in [3.8, 4) is 5.75 Å². The Balaban J connectivity index is 1.89. The Morgan fingerprint density at radius 2 is 2.00 bits per heavy atom. The van der Waals surface area contributed by atoms with E-state index in [4.69, 9.17) is 10.5 Å². The fourth-order valence-electron chi connectivity index (χ4n) is 2.33. The number of aryl methyl sites for hydroxylation is 1. The van der Waals surface area contributed by atoms with Gasteiger partial charge in [0.25, 0.3) is 0 Å². The van der Waals surface area contributed by atoms with Crippen LogP contribution < -0.4 is 10.5 Å². The molecule has 2 rings (SSSR count). The highest BCUT2D eigenvalue weighted by molar-refractivity contribution is 5.31. The summed E-state index contributed by atoms with van der Waals surface area (Å²) in [6, 6.07) is 8.49. The summed E-state index contributed by atoms with van der Waals surface area (Å²) in [6.45, 7) is 5.77. The maximum atomic E-state index is 5.88. The summed E-state index contributed by atoms with van der Waals surface area (Å²) >= 11 is 0. The number of nitrogens with zero attached hydrogens (tertiary/aromatic N) is 1. The van der Waals surface area contributed by atoms with E-state index >= 15 is 0 Å². The molecule has 3 nitrogen and oxygen atoms in total. The van der Waals surface area contributed by atoms with Gasteiger partial charge in [0.1, 0.15) is 12.4 Å². The van der Waals surface area contributed by atoms with Crippen molar-refractivity contribution in [1.82, 2.24) is 4.90 Å². The van der Waals surface area contributed by atoms with Crippen LogP contribution in [-0.2, 0) is 0 Å². The first-order chi connectivity index (χ1) is 8.31. The quantitative estimate of drug-likeness (QED) is 0.844. The molecule has 0 amide bonds. The van der Waals surface area contributed by atoms with E-state index in [0.717, 1.165) is 5.75 Å². The zero-order chi connectivity index (χ0) is 12.1. The minimum Gasteiger partial charge on any atom is -0.492 e. The van der Waals surface area contributed by atoms with Crippen LogP contribution in [0.1, 0.15) is 18.4 Å². The first kappa shape index (κ1) is 12.4. The van der Waals surface area contributed by atoms with Crippen LogP contribution in [0.25, 0.3) is 0 Å². The van der Waals surface area contributed by atoms with Crippen molar-refractivity contribution in [2.45, 2.75) is 25.8 Å². The van der Waals surface area contributed by atoms with E-state index in [2.05, 4.69) is 17.9 Å². The maximum Gasteiger partial charge on any atom is 0.122 e. The van der Waals surface area contributed by atoms with Gasteiger partial charge < -0.3 is 10.5 Å². The molecule has 1 heterocycles. The Morgan fingerprint density at radius 3 is 2.65 bits per heavy atom. The van der Waals surface area contributed by atoms with Crippen LogP contribution >= 0.6 is 0 Å². The van der Waals surface area contributed by atoms with E-state index in [1.54, 1.807) is 0 Å². The highest BCUT2D eigenvalue weighted by Crippen LogP contribution is 2.18. The highest BCUT2D eigenvalue weighted by atomic mass is 16.5. The average Bonchev–Trinajstić information content (AvgIpc) is 2.86. The van der Waals surface area contributed by atoms with Gasteiger partial charge in [-0.15, -0.1) is 0 Å². The number of ether oxygens (including phenoxy) is 1. The second-order valence-electron chi connectivity index (χ2n) is 4.71. The maximum absolute atomic E-state index is 5.88. The zero-order valence-corrected chi connectivity index (χ0v) is 10.6. The molecule has 0 saturated carbocycles. The SMILES string of the molecule is Cc1ccccc1OCC(CN)N1CCCC1. The number of rotatable bonds is 5. The Bertz CT molecular complexity index is 348. The van der Waals surface area contributed by atoms with Gasteiger partial charge in [-0.1, -0.05) is 18.2 Å². The van der Waals surface area contributed by atoms with Gasteiger partial charge in [-0.25, -0.2) is 0 Å². The molecule has 17 heavy (non-hydrogen) atoms. The molecule has 1 aliphatic rings. The van der Waals surface area contributed by atoms with Crippen LogP contribution in [0.15, 0.2) is 24.3 Å². The minimum absolute atomic E-state index is 0.358. The summed E-state index contributed by atoms with van der Waals surface area (Å²) in [5, 5.41) is 0. The molecular weight excluding hydrogens is 212 g/mol. The standard InChI is InChI=1S/C14H22N2O/c1-12-6-2-3-7-14(12)17-11-13(10-15)16-8-4-5-9-16/h2-3,6-7,13H,4-5,8-11,15H2,1H3. The van der Waals surface area contributed by atoms with Crippen molar-refractivity contribution in [2.75, 3.05) is 26.2 Å². The fourth-order valence-corrected chi connectivity index (χ4v) is 2.33. The van der Waals surface area contributed by atoms with Gasteiger partial charge in [0.15, 0.2) is 0 Å². The highest BCUT2D eigenvalue weighted by Gasteiger charge is 2.21. The molecule has 1 fully saturated rings. The van der Waals surface area contributed by atoms with Crippen molar-refractivity contribution < 1.29 is 4.74 Å². The van der Waals surface area contributed by atoms with Crippen LogP contribution in [0, 0.1) is 6.92 Å². The Morgan fingerprint density at radius 1 is 1.29 bits per heavy atom. The van der Waals surface area contributed by atoms with E-state index < -0.39 is 0 Å². The molecule has 1 aromatic rings. The summed E-state index contributed by atoms with van der Waals surface area (Å²) in [7, 11) is 0. The summed E-state index contributed by atoms with van der Waals surface area (Å²) < 4.78 is 5.88. The third kappa shape index (κ3) is 3.20. The van der Waals surface area contributed by atoms with E-state index in [-0.39, 0.29) is 0 Å². The van der Waals surface area contributed by atoms with Crippen LogP contribution in [0.4, 0.5) is 0 Å². The Labute approximate surface area is 104 Å². The molecule has 0 aliphatic carbocycles. The molecule has 94 valence electrons. The number of hydrogen-bond donors (Lipinski definition) is 1. The zero-order valence-electron chi connectivity index (χ0n) is 10.6. The molecular formula is C14H22N2O. The normalized spacial score (nSPS) is 18.2. The monoisotopic (exact) mass is 234 g/mol. The topological polar surface area (TPSA) is 38.5 Å². The second kappa shape index (κ2) is 6.03. The van der Waals surface area contributed by atoms with E-state index in [1.165, 1.54) is 31.5 Å². The summed E-state index contributed by atoms with van der Waals surface area (Å²) in [5.74, 6) is 0.977. The molecule has 0 spiro atoms. The van der Waals surface area contributed by atoms with Crippen LogP contribution in [0.5, 0.6) is 5.75 Å². The fraction of sp³-hybridized carbons (Fsp3) is 0.571. The van der Waals surface area contributed by atoms with E-state index in [0.29, 0.717) is 19.2 Å². The third-order valence-electron chi connectivity index (χ3n) is 3.45. The molecule has 3 heteroatoms. The summed E-state index contributed by atoms with van der Waals surface area (Å²) in [6.07, 6.45) is 2.59. The van der Waals surface area contributed by atoms with Gasteiger partial charge in [-0.2, -0.15) is 0 Å². The second-order valence-corrected chi connectivity index (χ2v) is 4.71. The van der Waals surface area contributed by atoms with Gasteiger partial charge >= 0.3 is 0 Å². The molecule has 0 aromatic heterocycles. The van der Waals surface area contributed by atoms with Crippen LogP contribution in [0.3, 0.4) is 0 Å². The first-order valence-corrected chi connectivity index (χ1v) is 6.44. The first-order valence-electron chi connectivity index (χ1n) is 6.44. The van der Waals surface area contributed by atoms with Gasteiger partial charge in [0.05, 0.1) is 6.04 Å². The lowest BCUT2D eigenvalue weighted by molar-refractivity contribution is 0.164. The number of hydrogen-bond acceptors (Lipinski definition) is 3. The van der Waals surface area contributed by atoms with Crippen LogP contribution in [-0.4, -0.2) is 37.2 Å². The molecule has 1 unspecified atom stereocenters. The Kier molecular flexibility index (Phi) is 4.40. The van der Waals surface area contributed by atoms with E-state index in [1.807, 2.05) is 18.2 Å². The molecule has 0 bridgehead atoms. The van der Waals surface area contributed by atoms with Crippen LogP contribution in [0.2, 0.25) is 0 Å². The van der Waals surface area contributed by atoms with Gasteiger partial charge in [0, 0.05) is 6.54 Å². The Hall–Kier alpha value is -1.06. The van der Waals surface area contributed by atoms with Crippen molar-refractivity contribution >= 4 is 0 Å². The van der Waals surface area contributed by atoms with Crippen molar-refractivity contribution in [3.63, 3.8) is 0 Å². The predicted octanol–water partition coefficient (Wildman–Crippen LogP) is 1.80. The predicted molar refractivity (Wildman–Crippen MR) is 70.3 cm³/mol. The number of benzene rings is 1. The average molecular weight is 234 g/mol. The van der Waals surface area contributed by atoms with Crippen molar-refractivity contribution in [1.29, 1.82) is 0 Å². The summed E-state index contributed by atoms with van der Waals surface area (Å²) in [4.78, 5) is 2.44. The summed E-state index contributed by atoms with van der Waals surface area (Å²) in [5.41, 5.74) is 7.02. The lowest BCUT2D eigenvalue weighted by Gasteiger charge is -2.26. The van der Waals surface area contributed by atoms with Gasteiger partial charge in [-0.3, -0.25) is 4.90 Å². The molecule has 0 radical (unpaired) electrons. The number of para-hydroxylation sites is 1. The molecule has 1 aromatic carbocycles. The molecule has 1 saturated heterocycles.